The van der Waals surface area contributed by atoms with Crippen molar-refractivity contribution < 1.29 is 5.11 Å². The van der Waals surface area contributed by atoms with E-state index in [0.717, 1.165) is 55.4 Å². The van der Waals surface area contributed by atoms with Gasteiger partial charge >= 0.3 is 0 Å². The molecule has 1 fully saturated rings. The van der Waals surface area contributed by atoms with Gasteiger partial charge in [0.25, 0.3) is 0 Å². The highest BCUT2D eigenvalue weighted by Crippen LogP contribution is 2.26. The Balaban J connectivity index is 2.31. The molecule has 0 spiro atoms. The standard InChI is InChI=1S/C13H22N4O/c1-4-11-15-12(14-3)9(2)13(16-11)17-7-5-10(18)6-8-17/h10,18H,4-8H2,1-3H3,(H,14,15,16). The Labute approximate surface area is 108 Å². The van der Waals surface area contributed by atoms with Gasteiger partial charge in [0, 0.05) is 32.1 Å². The van der Waals surface area contributed by atoms with Crippen LogP contribution >= 0.6 is 0 Å². The largest absolute Gasteiger partial charge is 0.393 e. The zero-order valence-corrected chi connectivity index (χ0v) is 11.4. The van der Waals surface area contributed by atoms with Crippen LogP contribution in [0.1, 0.15) is 31.2 Å². The van der Waals surface area contributed by atoms with Crippen molar-refractivity contribution in [2.24, 2.45) is 0 Å². The van der Waals surface area contributed by atoms with Crippen LogP contribution in [0.3, 0.4) is 0 Å². The van der Waals surface area contributed by atoms with E-state index in [1.54, 1.807) is 0 Å². The van der Waals surface area contributed by atoms with Crippen LogP contribution in [0.5, 0.6) is 0 Å². The number of hydrogen-bond donors (Lipinski definition) is 2. The van der Waals surface area contributed by atoms with Gasteiger partial charge in [-0.15, -0.1) is 0 Å². The molecule has 0 atom stereocenters. The molecule has 0 radical (unpaired) electrons. The van der Waals surface area contributed by atoms with Crippen molar-refractivity contribution in [2.45, 2.75) is 39.2 Å². The summed E-state index contributed by atoms with van der Waals surface area (Å²) in [5, 5.41) is 12.7. The number of piperidine rings is 1. The highest BCUT2D eigenvalue weighted by molar-refractivity contribution is 5.58. The lowest BCUT2D eigenvalue weighted by atomic mass is 10.1. The highest BCUT2D eigenvalue weighted by atomic mass is 16.3. The molecule has 1 aliphatic heterocycles. The second kappa shape index (κ2) is 5.52. The maximum atomic E-state index is 9.57. The summed E-state index contributed by atoms with van der Waals surface area (Å²) in [6.07, 6.45) is 2.32. The first-order valence-electron chi connectivity index (χ1n) is 6.64. The molecule has 0 aromatic carbocycles. The van der Waals surface area contributed by atoms with Gasteiger partial charge in [0.05, 0.1) is 6.10 Å². The van der Waals surface area contributed by atoms with Crippen molar-refractivity contribution in [2.75, 3.05) is 30.4 Å². The molecule has 2 heterocycles. The van der Waals surface area contributed by atoms with Crippen molar-refractivity contribution in [3.8, 4) is 0 Å². The van der Waals surface area contributed by atoms with Gasteiger partial charge in [0.15, 0.2) is 0 Å². The van der Waals surface area contributed by atoms with Crippen LogP contribution in [-0.4, -0.2) is 41.3 Å². The molecule has 100 valence electrons. The number of anilines is 2. The number of hydrogen-bond acceptors (Lipinski definition) is 5. The molecule has 0 bridgehead atoms. The number of aromatic nitrogens is 2. The van der Waals surface area contributed by atoms with Crippen LogP contribution in [0.25, 0.3) is 0 Å². The van der Waals surface area contributed by atoms with Gasteiger partial charge < -0.3 is 15.3 Å². The lowest BCUT2D eigenvalue weighted by Gasteiger charge is -2.32. The Kier molecular flexibility index (Phi) is 4.01. The Morgan fingerprint density at radius 3 is 2.56 bits per heavy atom. The predicted molar refractivity (Wildman–Crippen MR) is 73.1 cm³/mol. The van der Waals surface area contributed by atoms with E-state index >= 15 is 0 Å². The number of aliphatic hydroxyl groups excluding tert-OH is 1. The Morgan fingerprint density at radius 1 is 1.33 bits per heavy atom. The van der Waals surface area contributed by atoms with E-state index in [2.05, 4.69) is 27.1 Å². The van der Waals surface area contributed by atoms with E-state index in [9.17, 15) is 5.11 Å². The summed E-state index contributed by atoms with van der Waals surface area (Å²) in [6.45, 7) is 5.84. The molecule has 1 aromatic rings. The molecule has 18 heavy (non-hydrogen) atoms. The van der Waals surface area contributed by atoms with Crippen LogP contribution < -0.4 is 10.2 Å². The summed E-state index contributed by atoms with van der Waals surface area (Å²) < 4.78 is 0. The van der Waals surface area contributed by atoms with E-state index in [1.807, 2.05) is 14.0 Å². The molecule has 0 amide bonds. The number of nitrogens with zero attached hydrogens (tertiary/aromatic N) is 3. The fourth-order valence-electron chi connectivity index (χ4n) is 2.34. The monoisotopic (exact) mass is 250 g/mol. The van der Waals surface area contributed by atoms with E-state index in [0.29, 0.717) is 0 Å². The molecule has 1 saturated heterocycles. The third-order valence-electron chi connectivity index (χ3n) is 3.48. The summed E-state index contributed by atoms with van der Waals surface area (Å²) in [4.78, 5) is 11.4. The lowest BCUT2D eigenvalue weighted by molar-refractivity contribution is 0.145. The summed E-state index contributed by atoms with van der Waals surface area (Å²) in [5.74, 6) is 2.78. The maximum Gasteiger partial charge on any atom is 0.137 e. The zero-order chi connectivity index (χ0) is 13.1. The first-order valence-corrected chi connectivity index (χ1v) is 6.64. The average Bonchev–Trinajstić information content (AvgIpc) is 2.40. The van der Waals surface area contributed by atoms with Crippen molar-refractivity contribution >= 4 is 11.6 Å². The van der Waals surface area contributed by atoms with Crippen molar-refractivity contribution in [1.82, 2.24) is 9.97 Å². The van der Waals surface area contributed by atoms with E-state index in [1.165, 1.54) is 0 Å². The van der Waals surface area contributed by atoms with Gasteiger partial charge in [-0.3, -0.25) is 0 Å². The topological polar surface area (TPSA) is 61.3 Å². The summed E-state index contributed by atoms with van der Waals surface area (Å²) in [6, 6.07) is 0. The fourth-order valence-corrected chi connectivity index (χ4v) is 2.34. The molecule has 0 saturated carbocycles. The van der Waals surface area contributed by atoms with Crippen LogP contribution in [-0.2, 0) is 6.42 Å². The molecular weight excluding hydrogens is 228 g/mol. The highest BCUT2D eigenvalue weighted by Gasteiger charge is 2.21. The fraction of sp³-hybridized carbons (Fsp3) is 0.692. The van der Waals surface area contributed by atoms with Gasteiger partial charge in [-0.25, -0.2) is 9.97 Å². The third-order valence-corrected chi connectivity index (χ3v) is 3.48. The van der Waals surface area contributed by atoms with Gasteiger partial charge in [-0.2, -0.15) is 0 Å². The van der Waals surface area contributed by atoms with Gasteiger partial charge in [-0.1, -0.05) is 6.92 Å². The molecule has 0 aliphatic carbocycles. The number of nitrogens with one attached hydrogen (secondary N) is 1. The molecular formula is C13H22N4O. The summed E-state index contributed by atoms with van der Waals surface area (Å²) >= 11 is 0. The van der Waals surface area contributed by atoms with Gasteiger partial charge in [0.2, 0.25) is 0 Å². The van der Waals surface area contributed by atoms with Crippen LogP contribution in [0.2, 0.25) is 0 Å². The lowest BCUT2D eigenvalue weighted by Crippen LogP contribution is -2.37. The quantitative estimate of drug-likeness (QED) is 0.848. The SMILES string of the molecule is CCc1nc(NC)c(C)c(N2CCC(O)CC2)n1. The zero-order valence-electron chi connectivity index (χ0n) is 11.4. The minimum absolute atomic E-state index is 0.155. The molecule has 2 rings (SSSR count). The Hall–Kier alpha value is -1.36. The van der Waals surface area contributed by atoms with Gasteiger partial charge in [-0.05, 0) is 19.8 Å². The van der Waals surface area contributed by atoms with Crippen molar-refractivity contribution in [1.29, 1.82) is 0 Å². The molecule has 5 nitrogen and oxygen atoms in total. The third kappa shape index (κ3) is 2.56. The van der Waals surface area contributed by atoms with E-state index in [-0.39, 0.29) is 6.10 Å². The number of aryl methyl sites for hydroxylation is 1. The molecule has 5 heteroatoms. The summed E-state index contributed by atoms with van der Waals surface area (Å²) in [7, 11) is 1.89. The Bertz CT molecular complexity index is 414. The molecule has 0 unspecified atom stereocenters. The first kappa shape index (κ1) is 13.1. The molecule has 2 N–H and O–H groups in total. The second-order valence-corrected chi connectivity index (χ2v) is 4.76. The van der Waals surface area contributed by atoms with Crippen molar-refractivity contribution in [3.63, 3.8) is 0 Å². The van der Waals surface area contributed by atoms with Gasteiger partial charge in [0.1, 0.15) is 17.5 Å². The average molecular weight is 250 g/mol. The Morgan fingerprint density at radius 2 is 2.00 bits per heavy atom. The van der Waals surface area contributed by atoms with E-state index < -0.39 is 0 Å². The maximum absolute atomic E-state index is 9.57. The predicted octanol–water partition coefficient (Wildman–Crippen LogP) is 1.35. The second-order valence-electron chi connectivity index (χ2n) is 4.76. The normalized spacial score (nSPS) is 17.0. The van der Waals surface area contributed by atoms with Crippen LogP contribution in [0.4, 0.5) is 11.6 Å². The smallest absolute Gasteiger partial charge is 0.137 e. The number of aliphatic hydroxyl groups is 1. The summed E-state index contributed by atoms with van der Waals surface area (Å²) in [5.41, 5.74) is 1.09. The minimum atomic E-state index is -0.155. The minimum Gasteiger partial charge on any atom is -0.393 e. The van der Waals surface area contributed by atoms with Crippen LogP contribution in [0.15, 0.2) is 0 Å². The molecule has 1 aromatic heterocycles. The van der Waals surface area contributed by atoms with E-state index in [4.69, 9.17) is 0 Å². The molecule has 1 aliphatic rings. The number of rotatable bonds is 3. The van der Waals surface area contributed by atoms with Crippen molar-refractivity contribution in [3.05, 3.63) is 11.4 Å². The van der Waals surface area contributed by atoms with Crippen LogP contribution in [0, 0.1) is 6.92 Å². The first-order chi connectivity index (χ1) is 8.65.